The van der Waals surface area contributed by atoms with Gasteiger partial charge in [-0.15, -0.1) is 0 Å². The van der Waals surface area contributed by atoms with Crippen molar-refractivity contribution in [1.29, 1.82) is 0 Å². The number of para-hydroxylation sites is 1. The Labute approximate surface area is 113 Å². The Morgan fingerprint density at radius 1 is 1.42 bits per heavy atom. The zero-order valence-electron chi connectivity index (χ0n) is 11.6. The van der Waals surface area contributed by atoms with Crippen molar-refractivity contribution < 1.29 is 4.92 Å². The second kappa shape index (κ2) is 6.02. The maximum atomic E-state index is 11.1. The first-order valence-electron chi connectivity index (χ1n) is 6.81. The van der Waals surface area contributed by atoms with Crippen molar-refractivity contribution in [3.63, 3.8) is 0 Å². The van der Waals surface area contributed by atoms with Gasteiger partial charge in [0.05, 0.1) is 4.92 Å². The lowest BCUT2D eigenvalue weighted by Gasteiger charge is -2.22. The van der Waals surface area contributed by atoms with E-state index in [2.05, 4.69) is 17.1 Å². The number of nitro benzene ring substituents is 1. The van der Waals surface area contributed by atoms with Crippen LogP contribution in [-0.2, 0) is 0 Å². The Morgan fingerprint density at radius 3 is 2.74 bits per heavy atom. The molecule has 104 valence electrons. The average Bonchev–Trinajstić information content (AvgIpc) is 2.81. The minimum atomic E-state index is -0.305. The number of hydrogen-bond acceptors (Lipinski definition) is 4. The number of hydrogen-bond donors (Lipinski definition) is 1. The molecule has 5 heteroatoms. The van der Waals surface area contributed by atoms with Crippen molar-refractivity contribution in [3.8, 4) is 0 Å². The third kappa shape index (κ3) is 3.44. The van der Waals surface area contributed by atoms with Gasteiger partial charge < -0.3 is 10.2 Å². The molecule has 1 heterocycles. The van der Waals surface area contributed by atoms with Crippen molar-refractivity contribution in [3.05, 3.63) is 33.9 Å². The topological polar surface area (TPSA) is 58.4 Å². The van der Waals surface area contributed by atoms with Crippen LogP contribution in [0.2, 0.25) is 0 Å². The fourth-order valence-corrected chi connectivity index (χ4v) is 2.68. The quantitative estimate of drug-likeness (QED) is 0.655. The van der Waals surface area contributed by atoms with E-state index in [1.54, 1.807) is 19.1 Å². The van der Waals surface area contributed by atoms with E-state index in [1.807, 2.05) is 6.07 Å². The van der Waals surface area contributed by atoms with Crippen LogP contribution in [0, 0.1) is 17.0 Å². The van der Waals surface area contributed by atoms with Gasteiger partial charge in [-0.25, -0.2) is 0 Å². The molecule has 1 aromatic carbocycles. The molecule has 0 radical (unpaired) electrons. The summed E-state index contributed by atoms with van der Waals surface area (Å²) in [6, 6.07) is 5.62. The van der Waals surface area contributed by atoms with Crippen molar-refractivity contribution >= 4 is 11.4 Å². The SMILES string of the molecule is Cc1cccc(NC(C)CN2CCCC2)c1[N+](=O)[O-]. The van der Waals surface area contributed by atoms with Crippen LogP contribution in [0.1, 0.15) is 25.3 Å². The lowest BCUT2D eigenvalue weighted by molar-refractivity contribution is -0.384. The molecule has 0 spiro atoms. The monoisotopic (exact) mass is 263 g/mol. The highest BCUT2D eigenvalue weighted by Crippen LogP contribution is 2.28. The molecule has 1 aromatic rings. The molecule has 1 fully saturated rings. The molecule has 1 atom stereocenters. The maximum absolute atomic E-state index is 11.1. The molecule has 19 heavy (non-hydrogen) atoms. The van der Waals surface area contributed by atoms with Gasteiger partial charge in [0.1, 0.15) is 5.69 Å². The second-order valence-corrected chi connectivity index (χ2v) is 5.28. The molecule has 0 amide bonds. The fraction of sp³-hybridized carbons (Fsp3) is 0.571. The molecule has 0 aromatic heterocycles. The number of nitrogens with zero attached hydrogens (tertiary/aromatic N) is 2. The summed E-state index contributed by atoms with van der Waals surface area (Å²) in [5.41, 5.74) is 1.51. The number of aryl methyl sites for hydroxylation is 1. The van der Waals surface area contributed by atoms with Crippen molar-refractivity contribution in [2.75, 3.05) is 25.0 Å². The zero-order valence-corrected chi connectivity index (χ0v) is 11.6. The molecule has 0 bridgehead atoms. The lowest BCUT2D eigenvalue weighted by Crippen LogP contribution is -2.33. The normalized spacial score (nSPS) is 17.4. The van der Waals surface area contributed by atoms with Gasteiger partial charge in [-0.1, -0.05) is 12.1 Å². The molecule has 2 rings (SSSR count). The largest absolute Gasteiger partial charge is 0.376 e. The van der Waals surface area contributed by atoms with Crippen LogP contribution in [-0.4, -0.2) is 35.5 Å². The highest BCUT2D eigenvalue weighted by atomic mass is 16.6. The molecule has 0 aliphatic carbocycles. The average molecular weight is 263 g/mol. The van der Waals surface area contributed by atoms with E-state index in [0.717, 1.165) is 19.6 Å². The molecule has 1 aliphatic rings. The first kappa shape index (κ1) is 13.8. The Bertz CT molecular complexity index is 456. The highest BCUT2D eigenvalue weighted by molar-refractivity contribution is 5.65. The van der Waals surface area contributed by atoms with E-state index in [4.69, 9.17) is 0 Å². The number of rotatable bonds is 5. The number of nitro groups is 1. The first-order chi connectivity index (χ1) is 9.08. The van der Waals surface area contributed by atoms with Crippen LogP contribution in [0.3, 0.4) is 0 Å². The minimum Gasteiger partial charge on any atom is -0.376 e. The van der Waals surface area contributed by atoms with Gasteiger partial charge in [-0.05, 0) is 45.8 Å². The molecule has 1 saturated heterocycles. The van der Waals surface area contributed by atoms with Gasteiger partial charge >= 0.3 is 0 Å². The van der Waals surface area contributed by atoms with Crippen LogP contribution in [0.25, 0.3) is 0 Å². The summed E-state index contributed by atoms with van der Waals surface area (Å²) in [4.78, 5) is 13.2. The number of nitrogens with one attached hydrogen (secondary N) is 1. The van der Waals surface area contributed by atoms with E-state index in [9.17, 15) is 10.1 Å². The van der Waals surface area contributed by atoms with Gasteiger partial charge in [0, 0.05) is 18.2 Å². The van der Waals surface area contributed by atoms with Gasteiger partial charge in [0.15, 0.2) is 0 Å². The van der Waals surface area contributed by atoms with Gasteiger partial charge in [-0.3, -0.25) is 10.1 Å². The van der Waals surface area contributed by atoms with Crippen LogP contribution in [0.15, 0.2) is 18.2 Å². The molecule has 1 unspecified atom stereocenters. The molecule has 1 N–H and O–H groups in total. The molecule has 5 nitrogen and oxygen atoms in total. The second-order valence-electron chi connectivity index (χ2n) is 5.28. The summed E-state index contributed by atoms with van der Waals surface area (Å²) in [6.45, 7) is 7.06. The highest BCUT2D eigenvalue weighted by Gasteiger charge is 2.20. The number of benzene rings is 1. The Hall–Kier alpha value is -1.62. The Balaban J connectivity index is 2.05. The summed E-state index contributed by atoms with van der Waals surface area (Å²) in [7, 11) is 0. The summed E-state index contributed by atoms with van der Waals surface area (Å²) in [5, 5.41) is 14.4. The van der Waals surface area contributed by atoms with Crippen molar-refractivity contribution in [2.24, 2.45) is 0 Å². The standard InChI is InChI=1S/C14H21N3O2/c1-11-6-5-7-13(14(11)17(18)19)15-12(2)10-16-8-3-4-9-16/h5-7,12,15H,3-4,8-10H2,1-2H3. The lowest BCUT2D eigenvalue weighted by atomic mass is 10.1. The fourth-order valence-electron chi connectivity index (χ4n) is 2.68. The smallest absolute Gasteiger partial charge is 0.295 e. The van der Waals surface area contributed by atoms with Crippen LogP contribution in [0.4, 0.5) is 11.4 Å². The Kier molecular flexibility index (Phi) is 4.37. The van der Waals surface area contributed by atoms with Crippen LogP contribution < -0.4 is 5.32 Å². The Morgan fingerprint density at radius 2 is 2.11 bits per heavy atom. The third-order valence-electron chi connectivity index (χ3n) is 3.55. The van der Waals surface area contributed by atoms with E-state index in [-0.39, 0.29) is 16.7 Å². The van der Waals surface area contributed by atoms with E-state index >= 15 is 0 Å². The minimum absolute atomic E-state index is 0.191. The predicted molar refractivity (Wildman–Crippen MR) is 76.6 cm³/mol. The molecular weight excluding hydrogens is 242 g/mol. The van der Waals surface area contributed by atoms with Crippen molar-refractivity contribution in [2.45, 2.75) is 32.7 Å². The summed E-state index contributed by atoms with van der Waals surface area (Å²) >= 11 is 0. The van der Waals surface area contributed by atoms with Crippen molar-refractivity contribution in [1.82, 2.24) is 4.90 Å². The first-order valence-corrected chi connectivity index (χ1v) is 6.81. The third-order valence-corrected chi connectivity index (χ3v) is 3.55. The van der Waals surface area contributed by atoms with Crippen LogP contribution in [0.5, 0.6) is 0 Å². The van der Waals surface area contributed by atoms with Gasteiger partial charge in [0.2, 0.25) is 0 Å². The summed E-state index contributed by atoms with van der Waals surface area (Å²) in [5.74, 6) is 0. The van der Waals surface area contributed by atoms with Gasteiger partial charge in [-0.2, -0.15) is 0 Å². The number of likely N-dealkylation sites (tertiary alicyclic amines) is 1. The maximum Gasteiger partial charge on any atom is 0.295 e. The van der Waals surface area contributed by atoms with Crippen LogP contribution >= 0.6 is 0 Å². The van der Waals surface area contributed by atoms with E-state index in [0.29, 0.717) is 11.3 Å². The summed E-state index contributed by atoms with van der Waals surface area (Å²) < 4.78 is 0. The van der Waals surface area contributed by atoms with E-state index < -0.39 is 0 Å². The number of anilines is 1. The summed E-state index contributed by atoms with van der Waals surface area (Å²) in [6.07, 6.45) is 2.52. The predicted octanol–water partition coefficient (Wildman–Crippen LogP) is 2.80. The molecule has 1 aliphatic heterocycles. The zero-order chi connectivity index (χ0) is 13.8. The van der Waals surface area contributed by atoms with E-state index in [1.165, 1.54) is 12.8 Å². The molecular formula is C14H21N3O2. The molecule has 0 saturated carbocycles. The van der Waals surface area contributed by atoms with Gasteiger partial charge in [0.25, 0.3) is 5.69 Å².